The van der Waals surface area contributed by atoms with E-state index in [4.69, 9.17) is 10.5 Å². The zero-order chi connectivity index (χ0) is 11.5. The number of nitrogens with zero attached hydrogens (tertiary/aromatic N) is 1. The quantitative estimate of drug-likeness (QED) is 0.761. The maximum Gasteiger partial charge on any atom is 0.252 e. The Kier molecular flexibility index (Phi) is 3.82. The summed E-state index contributed by atoms with van der Waals surface area (Å²) in [5.41, 5.74) is 5.76. The molecule has 2 aliphatic rings. The van der Waals surface area contributed by atoms with E-state index in [2.05, 4.69) is 6.92 Å². The van der Waals surface area contributed by atoms with Gasteiger partial charge in [0.1, 0.15) is 6.10 Å². The molecule has 2 saturated heterocycles. The Balaban J connectivity index is 2.05. The van der Waals surface area contributed by atoms with Crippen molar-refractivity contribution in [2.45, 2.75) is 57.2 Å². The van der Waals surface area contributed by atoms with Crippen LogP contribution in [-0.4, -0.2) is 42.1 Å². The Bertz CT molecular complexity index is 251. The van der Waals surface area contributed by atoms with E-state index in [0.717, 1.165) is 32.3 Å². The lowest BCUT2D eigenvalue weighted by Gasteiger charge is -2.41. The third kappa shape index (κ3) is 2.23. The third-order valence-corrected chi connectivity index (χ3v) is 3.76. The molecule has 4 heteroatoms. The van der Waals surface area contributed by atoms with Gasteiger partial charge in [-0.25, -0.2) is 0 Å². The van der Waals surface area contributed by atoms with Crippen LogP contribution in [0, 0.1) is 0 Å². The Morgan fingerprint density at radius 3 is 2.81 bits per heavy atom. The summed E-state index contributed by atoms with van der Waals surface area (Å²) in [6.45, 7) is 3.42. The van der Waals surface area contributed by atoms with Crippen molar-refractivity contribution in [3.05, 3.63) is 0 Å². The van der Waals surface area contributed by atoms with E-state index in [1.165, 1.54) is 6.42 Å². The predicted molar refractivity (Wildman–Crippen MR) is 62.0 cm³/mol. The van der Waals surface area contributed by atoms with Crippen LogP contribution in [0.1, 0.15) is 39.0 Å². The molecule has 3 atom stereocenters. The molecular formula is C12H22N2O2. The SMILES string of the molecule is CC1CCCC(CN)N1C(=O)[C@H]1CCCO1. The molecule has 0 aromatic heterocycles. The highest BCUT2D eigenvalue weighted by Gasteiger charge is 2.36. The summed E-state index contributed by atoms with van der Waals surface area (Å²) >= 11 is 0. The maximum atomic E-state index is 12.3. The van der Waals surface area contributed by atoms with Gasteiger partial charge in [0.15, 0.2) is 0 Å². The third-order valence-electron chi connectivity index (χ3n) is 3.76. The van der Waals surface area contributed by atoms with Crippen molar-refractivity contribution in [2.24, 2.45) is 5.73 Å². The minimum Gasteiger partial charge on any atom is -0.368 e. The van der Waals surface area contributed by atoms with E-state index in [0.29, 0.717) is 12.6 Å². The number of likely N-dealkylation sites (tertiary alicyclic amines) is 1. The van der Waals surface area contributed by atoms with Gasteiger partial charge in [0.25, 0.3) is 5.91 Å². The number of carbonyl (C=O) groups is 1. The largest absolute Gasteiger partial charge is 0.368 e. The molecule has 2 rings (SSSR count). The summed E-state index contributed by atoms with van der Waals surface area (Å²) < 4.78 is 5.48. The van der Waals surface area contributed by atoms with E-state index < -0.39 is 0 Å². The van der Waals surface area contributed by atoms with Crippen LogP contribution < -0.4 is 5.73 Å². The van der Waals surface area contributed by atoms with Gasteiger partial charge in [-0.3, -0.25) is 4.79 Å². The lowest BCUT2D eigenvalue weighted by Crippen LogP contribution is -2.54. The number of hydrogen-bond donors (Lipinski definition) is 1. The minimum atomic E-state index is -0.199. The second-order valence-electron chi connectivity index (χ2n) is 4.92. The van der Waals surface area contributed by atoms with Crippen molar-refractivity contribution in [3.63, 3.8) is 0 Å². The highest BCUT2D eigenvalue weighted by atomic mass is 16.5. The molecular weight excluding hydrogens is 204 g/mol. The molecule has 0 saturated carbocycles. The summed E-state index contributed by atoms with van der Waals surface area (Å²) in [5, 5.41) is 0. The predicted octanol–water partition coefficient (Wildman–Crippen LogP) is 0.894. The fourth-order valence-corrected chi connectivity index (χ4v) is 2.85. The van der Waals surface area contributed by atoms with Gasteiger partial charge in [0, 0.05) is 25.2 Å². The minimum absolute atomic E-state index is 0.167. The van der Waals surface area contributed by atoms with Crippen molar-refractivity contribution in [1.29, 1.82) is 0 Å². The van der Waals surface area contributed by atoms with Gasteiger partial charge in [-0.1, -0.05) is 0 Å². The Morgan fingerprint density at radius 1 is 1.38 bits per heavy atom. The zero-order valence-corrected chi connectivity index (χ0v) is 10.0. The van der Waals surface area contributed by atoms with E-state index in [-0.39, 0.29) is 18.1 Å². The van der Waals surface area contributed by atoms with Crippen LogP contribution in [-0.2, 0) is 9.53 Å². The highest BCUT2D eigenvalue weighted by Crippen LogP contribution is 2.25. The van der Waals surface area contributed by atoms with E-state index in [1.807, 2.05) is 4.90 Å². The zero-order valence-electron chi connectivity index (χ0n) is 10.0. The Labute approximate surface area is 97.1 Å². The van der Waals surface area contributed by atoms with Crippen molar-refractivity contribution in [2.75, 3.05) is 13.2 Å². The van der Waals surface area contributed by atoms with E-state index in [1.54, 1.807) is 0 Å². The van der Waals surface area contributed by atoms with Crippen molar-refractivity contribution in [1.82, 2.24) is 4.90 Å². The van der Waals surface area contributed by atoms with Gasteiger partial charge in [-0.05, 0) is 39.0 Å². The number of rotatable bonds is 2. The molecule has 0 aromatic rings. The normalized spacial score (nSPS) is 35.4. The molecule has 2 N–H and O–H groups in total. The standard InChI is InChI=1S/C12H22N2O2/c1-9-4-2-5-10(8-13)14(9)12(15)11-6-3-7-16-11/h9-11H,2-8,13H2,1H3/t9?,10?,11-/m1/s1. The van der Waals surface area contributed by atoms with Crippen molar-refractivity contribution in [3.8, 4) is 0 Å². The second kappa shape index (κ2) is 5.15. The van der Waals surface area contributed by atoms with Crippen molar-refractivity contribution < 1.29 is 9.53 Å². The summed E-state index contributed by atoms with van der Waals surface area (Å²) in [6.07, 6.45) is 4.99. The maximum absolute atomic E-state index is 12.3. The number of piperidine rings is 1. The van der Waals surface area contributed by atoms with Crippen LogP contribution in [0.4, 0.5) is 0 Å². The lowest BCUT2D eigenvalue weighted by atomic mass is 9.95. The summed E-state index contributed by atoms with van der Waals surface area (Å²) in [7, 11) is 0. The summed E-state index contributed by atoms with van der Waals surface area (Å²) in [6, 6.07) is 0.541. The molecule has 92 valence electrons. The van der Waals surface area contributed by atoms with Crippen LogP contribution in [0.15, 0.2) is 0 Å². The molecule has 2 aliphatic heterocycles. The molecule has 0 radical (unpaired) electrons. The number of carbonyl (C=O) groups excluding carboxylic acids is 1. The topological polar surface area (TPSA) is 55.6 Å². The first-order valence-corrected chi connectivity index (χ1v) is 6.38. The molecule has 0 aliphatic carbocycles. The first kappa shape index (κ1) is 11.9. The average Bonchev–Trinajstić information content (AvgIpc) is 2.81. The van der Waals surface area contributed by atoms with Gasteiger partial charge < -0.3 is 15.4 Å². The lowest BCUT2D eigenvalue weighted by molar-refractivity contribution is -0.147. The molecule has 0 aromatic carbocycles. The monoisotopic (exact) mass is 226 g/mol. The van der Waals surface area contributed by atoms with Gasteiger partial charge >= 0.3 is 0 Å². The van der Waals surface area contributed by atoms with Gasteiger partial charge in [-0.15, -0.1) is 0 Å². The average molecular weight is 226 g/mol. The molecule has 4 nitrogen and oxygen atoms in total. The summed E-state index contributed by atoms with van der Waals surface area (Å²) in [5.74, 6) is 0.167. The van der Waals surface area contributed by atoms with Crippen LogP contribution in [0.25, 0.3) is 0 Å². The number of ether oxygens (including phenoxy) is 1. The van der Waals surface area contributed by atoms with Gasteiger partial charge in [0.2, 0.25) is 0 Å². The van der Waals surface area contributed by atoms with Gasteiger partial charge in [0.05, 0.1) is 0 Å². The molecule has 0 spiro atoms. The van der Waals surface area contributed by atoms with E-state index in [9.17, 15) is 4.79 Å². The molecule has 16 heavy (non-hydrogen) atoms. The highest BCUT2D eigenvalue weighted by molar-refractivity contribution is 5.82. The van der Waals surface area contributed by atoms with Crippen molar-refractivity contribution >= 4 is 5.91 Å². The number of hydrogen-bond acceptors (Lipinski definition) is 3. The molecule has 2 fully saturated rings. The molecule has 1 amide bonds. The first-order chi connectivity index (χ1) is 7.74. The number of amides is 1. The second-order valence-corrected chi connectivity index (χ2v) is 4.92. The van der Waals surface area contributed by atoms with Crippen LogP contribution in [0.5, 0.6) is 0 Å². The molecule has 2 heterocycles. The first-order valence-electron chi connectivity index (χ1n) is 6.38. The Hall–Kier alpha value is -0.610. The smallest absolute Gasteiger partial charge is 0.252 e. The van der Waals surface area contributed by atoms with Crippen LogP contribution >= 0.6 is 0 Å². The van der Waals surface area contributed by atoms with Crippen LogP contribution in [0.3, 0.4) is 0 Å². The molecule has 2 unspecified atom stereocenters. The summed E-state index contributed by atoms with van der Waals surface area (Å²) in [4.78, 5) is 14.3. The Morgan fingerprint density at radius 2 is 2.19 bits per heavy atom. The van der Waals surface area contributed by atoms with Crippen LogP contribution in [0.2, 0.25) is 0 Å². The van der Waals surface area contributed by atoms with Gasteiger partial charge in [-0.2, -0.15) is 0 Å². The van der Waals surface area contributed by atoms with E-state index >= 15 is 0 Å². The fraction of sp³-hybridized carbons (Fsp3) is 0.917. The number of nitrogens with two attached hydrogens (primary N) is 1. The molecule has 0 bridgehead atoms. The fourth-order valence-electron chi connectivity index (χ4n) is 2.85.